The number of hydrogen-bond acceptors (Lipinski definition) is 5. The van der Waals surface area contributed by atoms with Crippen LogP contribution in [0, 0.1) is 5.41 Å². The molecule has 40 heavy (non-hydrogen) atoms. The second-order valence-corrected chi connectivity index (χ2v) is 11.6. The Morgan fingerprint density at radius 1 is 0.950 bits per heavy atom. The van der Waals surface area contributed by atoms with Crippen LogP contribution in [-0.2, 0) is 19.2 Å². The minimum absolute atomic E-state index is 0.0762. The van der Waals surface area contributed by atoms with Gasteiger partial charge >= 0.3 is 0 Å². The van der Waals surface area contributed by atoms with Crippen molar-refractivity contribution in [2.24, 2.45) is 5.41 Å². The fourth-order valence-corrected chi connectivity index (χ4v) is 5.05. The molecule has 4 amide bonds. The van der Waals surface area contributed by atoms with Gasteiger partial charge in [0.2, 0.25) is 23.6 Å². The first-order valence-electron chi connectivity index (χ1n) is 13.8. The first-order chi connectivity index (χ1) is 18.9. The van der Waals surface area contributed by atoms with Crippen molar-refractivity contribution in [2.75, 3.05) is 20.1 Å². The molecule has 1 saturated heterocycles. The average molecular weight is 550 g/mol. The van der Waals surface area contributed by atoms with E-state index in [-0.39, 0.29) is 48.6 Å². The van der Waals surface area contributed by atoms with Crippen molar-refractivity contribution >= 4 is 23.6 Å². The van der Waals surface area contributed by atoms with E-state index in [4.69, 9.17) is 0 Å². The smallest absolute Gasteiger partial charge is 0.246 e. The zero-order chi connectivity index (χ0) is 29.4. The molecule has 2 aromatic carbocycles. The van der Waals surface area contributed by atoms with Crippen LogP contribution in [0.3, 0.4) is 0 Å². The molecule has 0 aromatic heterocycles. The monoisotopic (exact) mass is 549 g/mol. The van der Waals surface area contributed by atoms with E-state index in [9.17, 15) is 19.2 Å². The summed E-state index contributed by atoms with van der Waals surface area (Å²) in [6.45, 7) is 9.29. The first kappa shape index (κ1) is 30.8. The van der Waals surface area contributed by atoms with E-state index in [1.165, 1.54) is 11.8 Å². The van der Waals surface area contributed by atoms with Gasteiger partial charge in [0.05, 0.1) is 6.04 Å². The van der Waals surface area contributed by atoms with Crippen molar-refractivity contribution in [1.82, 2.24) is 26.2 Å². The summed E-state index contributed by atoms with van der Waals surface area (Å²) in [5.41, 5.74) is 1.52. The number of rotatable bonds is 10. The number of hydrogen-bond donors (Lipinski definition) is 4. The van der Waals surface area contributed by atoms with Gasteiger partial charge in [0.15, 0.2) is 0 Å². The molecule has 4 N–H and O–H groups in total. The van der Waals surface area contributed by atoms with Crippen LogP contribution in [0.25, 0.3) is 0 Å². The van der Waals surface area contributed by atoms with Crippen molar-refractivity contribution in [3.63, 3.8) is 0 Å². The number of nitrogens with one attached hydrogen (secondary N) is 4. The van der Waals surface area contributed by atoms with E-state index in [2.05, 4.69) is 21.3 Å². The van der Waals surface area contributed by atoms with E-state index in [1.807, 2.05) is 81.4 Å². The van der Waals surface area contributed by atoms with Crippen LogP contribution in [0.4, 0.5) is 0 Å². The quantitative estimate of drug-likeness (QED) is 0.362. The standard InChI is InChI=1S/C31H43N5O4/c1-20(32-6)28(38)35-27(31(3,4)5)30(40)36-19-24(34-21(2)37)17-26(36)29(39)33-18-25(22-13-9-7-10-14-22)23-15-11-8-12-16-23/h7-16,20,24-27,32H,17-19H2,1-6H3,(H,33,39)(H,34,37)(H,35,38)/t20-,24-,26-,27+/m0/s1. The lowest BCUT2D eigenvalue weighted by atomic mass is 9.85. The van der Waals surface area contributed by atoms with E-state index < -0.39 is 23.5 Å². The maximum absolute atomic E-state index is 14.0. The Hall–Kier alpha value is -3.72. The molecule has 0 saturated carbocycles. The van der Waals surface area contributed by atoms with Crippen molar-refractivity contribution in [3.05, 3.63) is 71.8 Å². The minimum Gasteiger partial charge on any atom is -0.353 e. The van der Waals surface area contributed by atoms with Gasteiger partial charge in [-0.05, 0) is 36.9 Å². The summed E-state index contributed by atoms with van der Waals surface area (Å²) in [5, 5.41) is 11.7. The number of amides is 4. The Bertz CT molecular complexity index is 1130. The van der Waals surface area contributed by atoms with Crippen molar-refractivity contribution in [2.45, 2.75) is 71.1 Å². The summed E-state index contributed by atoms with van der Waals surface area (Å²) in [5.74, 6) is -1.24. The molecule has 2 aromatic rings. The molecule has 0 spiro atoms. The van der Waals surface area contributed by atoms with Gasteiger partial charge in [-0.1, -0.05) is 81.4 Å². The highest BCUT2D eigenvalue weighted by Crippen LogP contribution is 2.27. The number of benzene rings is 2. The topological polar surface area (TPSA) is 120 Å². The van der Waals surface area contributed by atoms with E-state index in [1.54, 1.807) is 14.0 Å². The Morgan fingerprint density at radius 2 is 1.50 bits per heavy atom. The molecule has 3 rings (SSSR count). The average Bonchev–Trinajstić information content (AvgIpc) is 3.34. The molecule has 216 valence electrons. The largest absolute Gasteiger partial charge is 0.353 e. The Labute approximate surface area is 237 Å². The molecular weight excluding hydrogens is 506 g/mol. The fraction of sp³-hybridized carbons (Fsp3) is 0.484. The van der Waals surface area contributed by atoms with Gasteiger partial charge in [0.1, 0.15) is 12.1 Å². The number of carbonyl (C=O) groups is 4. The highest BCUT2D eigenvalue weighted by atomic mass is 16.2. The molecule has 0 bridgehead atoms. The summed E-state index contributed by atoms with van der Waals surface area (Å²) in [6, 6.07) is 17.4. The van der Waals surface area contributed by atoms with Gasteiger partial charge in [-0.3, -0.25) is 19.2 Å². The maximum Gasteiger partial charge on any atom is 0.246 e. The lowest BCUT2D eigenvalue weighted by Crippen LogP contribution is -2.59. The van der Waals surface area contributed by atoms with Crippen molar-refractivity contribution in [1.29, 1.82) is 0 Å². The molecule has 1 aliphatic rings. The second kappa shape index (κ2) is 13.6. The summed E-state index contributed by atoms with van der Waals surface area (Å²) in [4.78, 5) is 53.8. The molecule has 1 aliphatic heterocycles. The van der Waals surface area contributed by atoms with Crippen LogP contribution >= 0.6 is 0 Å². The molecular formula is C31H43N5O4. The van der Waals surface area contributed by atoms with Crippen LogP contribution in [0.2, 0.25) is 0 Å². The Balaban J connectivity index is 1.85. The summed E-state index contributed by atoms with van der Waals surface area (Å²) in [7, 11) is 1.68. The molecule has 1 fully saturated rings. The third kappa shape index (κ3) is 7.91. The van der Waals surface area contributed by atoms with Crippen LogP contribution in [0.1, 0.15) is 58.1 Å². The molecule has 9 nitrogen and oxygen atoms in total. The maximum atomic E-state index is 14.0. The predicted octanol–water partition coefficient (Wildman–Crippen LogP) is 2.18. The van der Waals surface area contributed by atoms with Crippen LogP contribution in [0.15, 0.2) is 60.7 Å². The highest BCUT2D eigenvalue weighted by Gasteiger charge is 2.45. The van der Waals surface area contributed by atoms with Crippen LogP contribution in [-0.4, -0.2) is 72.8 Å². The van der Waals surface area contributed by atoms with Gasteiger partial charge in [-0.25, -0.2) is 0 Å². The van der Waals surface area contributed by atoms with Crippen LogP contribution < -0.4 is 21.3 Å². The molecule has 0 radical (unpaired) electrons. The summed E-state index contributed by atoms with van der Waals surface area (Å²) < 4.78 is 0. The number of likely N-dealkylation sites (tertiary alicyclic amines) is 1. The molecule has 0 aliphatic carbocycles. The third-order valence-corrected chi connectivity index (χ3v) is 7.40. The normalized spacial score (nSPS) is 18.6. The predicted molar refractivity (Wildman–Crippen MR) is 155 cm³/mol. The van der Waals surface area contributed by atoms with E-state index >= 15 is 0 Å². The van der Waals surface area contributed by atoms with E-state index in [0.717, 1.165) is 11.1 Å². The number of likely N-dealkylation sites (N-methyl/N-ethyl adjacent to an activating group) is 1. The Kier molecular flexibility index (Phi) is 10.5. The van der Waals surface area contributed by atoms with Gasteiger partial charge in [-0.15, -0.1) is 0 Å². The second-order valence-electron chi connectivity index (χ2n) is 11.6. The summed E-state index contributed by atoms with van der Waals surface area (Å²) >= 11 is 0. The molecule has 0 unspecified atom stereocenters. The third-order valence-electron chi connectivity index (χ3n) is 7.40. The zero-order valence-corrected chi connectivity index (χ0v) is 24.4. The van der Waals surface area contributed by atoms with Crippen LogP contribution in [0.5, 0.6) is 0 Å². The number of nitrogens with zero attached hydrogens (tertiary/aromatic N) is 1. The van der Waals surface area contributed by atoms with Crippen molar-refractivity contribution < 1.29 is 19.2 Å². The summed E-state index contributed by atoms with van der Waals surface area (Å²) in [6.07, 6.45) is 0.288. The minimum atomic E-state index is -0.858. The van der Waals surface area contributed by atoms with Gasteiger partial charge in [-0.2, -0.15) is 0 Å². The molecule has 1 heterocycles. The lowest BCUT2D eigenvalue weighted by molar-refractivity contribution is -0.144. The zero-order valence-electron chi connectivity index (χ0n) is 24.4. The Morgan fingerprint density at radius 3 is 1.98 bits per heavy atom. The lowest BCUT2D eigenvalue weighted by Gasteiger charge is -2.36. The van der Waals surface area contributed by atoms with Gasteiger partial charge < -0.3 is 26.2 Å². The highest BCUT2D eigenvalue weighted by molar-refractivity contribution is 5.94. The van der Waals surface area contributed by atoms with Gasteiger partial charge in [0, 0.05) is 32.0 Å². The van der Waals surface area contributed by atoms with Crippen molar-refractivity contribution in [3.8, 4) is 0 Å². The van der Waals surface area contributed by atoms with E-state index in [0.29, 0.717) is 6.54 Å². The molecule has 9 heteroatoms. The van der Waals surface area contributed by atoms with Gasteiger partial charge in [0.25, 0.3) is 0 Å². The molecule has 4 atom stereocenters. The SMILES string of the molecule is CN[C@@H](C)C(=O)N[C@H](C(=O)N1C[C@@H](NC(C)=O)C[C@H]1C(=O)NCC(c1ccccc1)c1ccccc1)C(C)(C)C. The first-order valence-corrected chi connectivity index (χ1v) is 13.8. The fourth-order valence-electron chi connectivity index (χ4n) is 5.05. The number of carbonyl (C=O) groups excluding carboxylic acids is 4.